The predicted octanol–water partition coefficient (Wildman–Crippen LogP) is 3.90. The molecule has 0 amide bonds. The largest absolute Gasteiger partial charge is 0.497 e. The summed E-state index contributed by atoms with van der Waals surface area (Å²) in [5.41, 5.74) is 5.72. The van der Waals surface area contributed by atoms with E-state index >= 15 is 0 Å². The summed E-state index contributed by atoms with van der Waals surface area (Å²) >= 11 is 2.05. The van der Waals surface area contributed by atoms with Crippen LogP contribution in [0.2, 0.25) is 0 Å². The van der Waals surface area contributed by atoms with Gasteiger partial charge in [-0.2, -0.15) is 11.8 Å². The second-order valence-electron chi connectivity index (χ2n) is 6.34. The van der Waals surface area contributed by atoms with Crippen molar-refractivity contribution in [1.82, 2.24) is 9.47 Å². The summed E-state index contributed by atoms with van der Waals surface area (Å²) in [6.07, 6.45) is 2.38. The smallest absolute Gasteiger partial charge is 0.118 e. The van der Waals surface area contributed by atoms with E-state index in [0.717, 1.165) is 24.6 Å². The van der Waals surface area contributed by atoms with Gasteiger partial charge >= 0.3 is 0 Å². The molecule has 1 aromatic carbocycles. The summed E-state index contributed by atoms with van der Waals surface area (Å²) in [7, 11) is 6.01. The number of thioether (sulfide) groups is 1. The lowest BCUT2D eigenvalue weighted by Gasteiger charge is -2.18. The quantitative estimate of drug-likeness (QED) is 0.800. The molecule has 0 spiro atoms. The van der Waals surface area contributed by atoms with Crippen LogP contribution in [0.5, 0.6) is 5.75 Å². The number of aromatic nitrogens is 1. The molecular weight excluding hydrogens is 304 g/mol. The minimum atomic E-state index is 0.916. The number of hydrogen-bond donors (Lipinski definition) is 0. The van der Waals surface area contributed by atoms with E-state index in [1.54, 1.807) is 12.8 Å². The van der Waals surface area contributed by atoms with Gasteiger partial charge in [0, 0.05) is 23.7 Å². The minimum Gasteiger partial charge on any atom is -0.497 e. The van der Waals surface area contributed by atoms with Crippen molar-refractivity contribution in [2.75, 3.05) is 33.5 Å². The fourth-order valence-electron chi connectivity index (χ4n) is 3.22. The third-order valence-electron chi connectivity index (χ3n) is 4.41. The van der Waals surface area contributed by atoms with Gasteiger partial charge in [0.25, 0.3) is 0 Å². The predicted molar refractivity (Wildman–Crippen MR) is 99.5 cm³/mol. The number of benzene rings is 1. The molecule has 3 rings (SSSR count). The van der Waals surface area contributed by atoms with E-state index < -0.39 is 0 Å². The maximum Gasteiger partial charge on any atom is 0.118 e. The number of methoxy groups -OCH3 is 1. The topological polar surface area (TPSA) is 17.4 Å². The number of nitrogens with zero attached hydrogens (tertiary/aromatic N) is 2. The van der Waals surface area contributed by atoms with Crippen molar-refractivity contribution >= 4 is 11.8 Å². The highest BCUT2D eigenvalue weighted by atomic mass is 32.2. The van der Waals surface area contributed by atoms with E-state index in [1.807, 2.05) is 11.8 Å². The molecule has 1 aliphatic rings. The van der Waals surface area contributed by atoms with Gasteiger partial charge < -0.3 is 14.2 Å². The molecule has 0 aliphatic carbocycles. The van der Waals surface area contributed by atoms with Crippen LogP contribution in [-0.2, 0) is 18.7 Å². The monoisotopic (exact) mass is 330 g/mol. The lowest BCUT2D eigenvalue weighted by molar-refractivity contribution is 0.385. The second kappa shape index (κ2) is 7.45. The molecule has 0 bridgehead atoms. The van der Waals surface area contributed by atoms with E-state index in [4.69, 9.17) is 4.74 Å². The highest BCUT2D eigenvalue weighted by Crippen LogP contribution is 2.33. The molecular formula is C19H26N2OS. The van der Waals surface area contributed by atoms with Gasteiger partial charge in [-0.25, -0.2) is 0 Å². The average molecular weight is 330 g/mol. The van der Waals surface area contributed by atoms with E-state index in [9.17, 15) is 0 Å². The summed E-state index contributed by atoms with van der Waals surface area (Å²) in [6.45, 7) is 2.23. The number of fused-ring (bicyclic) bond motifs is 1. The lowest BCUT2D eigenvalue weighted by Crippen LogP contribution is -2.17. The van der Waals surface area contributed by atoms with E-state index in [2.05, 4.69) is 53.9 Å². The van der Waals surface area contributed by atoms with Crippen LogP contribution in [0.4, 0.5) is 0 Å². The van der Waals surface area contributed by atoms with Crippen molar-refractivity contribution in [2.24, 2.45) is 0 Å². The first-order chi connectivity index (χ1) is 11.2. The molecule has 0 unspecified atom stereocenters. The molecule has 0 atom stereocenters. The molecule has 0 saturated heterocycles. The van der Waals surface area contributed by atoms with Gasteiger partial charge in [0.15, 0.2) is 0 Å². The number of hydrogen-bond acceptors (Lipinski definition) is 3. The molecule has 3 nitrogen and oxygen atoms in total. The Labute approximate surface area is 143 Å². The van der Waals surface area contributed by atoms with Crippen LogP contribution < -0.4 is 4.74 Å². The maximum atomic E-state index is 5.29. The zero-order valence-corrected chi connectivity index (χ0v) is 15.2. The van der Waals surface area contributed by atoms with Crippen molar-refractivity contribution in [1.29, 1.82) is 0 Å². The fourth-order valence-corrected chi connectivity index (χ4v) is 4.17. The normalized spacial score (nSPS) is 14.1. The highest BCUT2D eigenvalue weighted by molar-refractivity contribution is 7.98. The first kappa shape index (κ1) is 16.5. The van der Waals surface area contributed by atoms with E-state index in [0.29, 0.717) is 0 Å². The molecule has 0 N–H and O–H groups in total. The zero-order chi connectivity index (χ0) is 16.2. The van der Waals surface area contributed by atoms with Gasteiger partial charge in [0.05, 0.1) is 7.11 Å². The van der Waals surface area contributed by atoms with E-state index in [1.165, 1.54) is 35.4 Å². The minimum absolute atomic E-state index is 0.916. The third-order valence-corrected chi connectivity index (χ3v) is 5.42. The molecule has 23 heavy (non-hydrogen) atoms. The number of rotatable bonds is 6. The van der Waals surface area contributed by atoms with Crippen molar-refractivity contribution in [3.8, 4) is 17.0 Å². The molecule has 1 aromatic heterocycles. The lowest BCUT2D eigenvalue weighted by atomic mass is 10.1. The average Bonchev–Trinajstić information content (AvgIpc) is 2.93. The Bertz CT molecular complexity index is 646. The summed E-state index contributed by atoms with van der Waals surface area (Å²) in [5, 5.41) is 0. The van der Waals surface area contributed by atoms with Crippen molar-refractivity contribution < 1.29 is 4.74 Å². The second-order valence-corrected chi connectivity index (χ2v) is 7.45. The fraction of sp³-hybridized carbons (Fsp3) is 0.474. The standard InChI is InChI=1S/C19H26N2OS/c1-20(2)10-4-11-21-18-9-12-23-14-16(18)13-19(21)15-5-7-17(22-3)8-6-15/h5-8,13H,4,9-12,14H2,1-3H3. The van der Waals surface area contributed by atoms with Gasteiger partial charge in [-0.15, -0.1) is 0 Å². The Morgan fingerprint density at radius 2 is 2.00 bits per heavy atom. The molecule has 1 aliphatic heterocycles. The maximum absolute atomic E-state index is 5.29. The van der Waals surface area contributed by atoms with Crippen LogP contribution in [0.3, 0.4) is 0 Å². The molecule has 0 radical (unpaired) electrons. The van der Waals surface area contributed by atoms with Crippen molar-refractivity contribution in [2.45, 2.75) is 25.1 Å². The molecule has 0 fully saturated rings. The van der Waals surface area contributed by atoms with Gasteiger partial charge in [0.1, 0.15) is 5.75 Å². The third kappa shape index (κ3) is 3.75. The van der Waals surface area contributed by atoms with Crippen LogP contribution in [0, 0.1) is 0 Å². The molecule has 2 heterocycles. The SMILES string of the molecule is COc1ccc(-c2cc3c(n2CCCN(C)C)CCSC3)cc1. The Morgan fingerprint density at radius 3 is 2.70 bits per heavy atom. The molecule has 4 heteroatoms. The first-order valence-corrected chi connectivity index (χ1v) is 9.42. The van der Waals surface area contributed by atoms with Gasteiger partial charge in [-0.05, 0) is 80.7 Å². The van der Waals surface area contributed by atoms with Gasteiger partial charge in [-0.1, -0.05) is 0 Å². The van der Waals surface area contributed by atoms with Crippen LogP contribution in [0.15, 0.2) is 30.3 Å². The Morgan fingerprint density at radius 1 is 1.22 bits per heavy atom. The summed E-state index contributed by atoms with van der Waals surface area (Å²) in [5.74, 6) is 3.31. The van der Waals surface area contributed by atoms with Crippen LogP contribution >= 0.6 is 11.8 Å². The molecule has 124 valence electrons. The molecule has 2 aromatic rings. The Kier molecular flexibility index (Phi) is 5.34. The Balaban J connectivity index is 1.92. The van der Waals surface area contributed by atoms with Crippen LogP contribution in [0.1, 0.15) is 17.7 Å². The molecule has 0 saturated carbocycles. The number of ether oxygens (including phenoxy) is 1. The zero-order valence-electron chi connectivity index (χ0n) is 14.3. The van der Waals surface area contributed by atoms with E-state index in [-0.39, 0.29) is 0 Å². The summed E-state index contributed by atoms with van der Waals surface area (Å²) < 4.78 is 7.85. The van der Waals surface area contributed by atoms with Crippen molar-refractivity contribution in [3.05, 3.63) is 41.6 Å². The summed E-state index contributed by atoms with van der Waals surface area (Å²) in [6, 6.07) is 10.9. The van der Waals surface area contributed by atoms with Gasteiger partial charge in [-0.3, -0.25) is 0 Å². The van der Waals surface area contributed by atoms with Crippen LogP contribution in [0.25, 0.3) is 11.3 Å². The highest BCUT2D eigenvalue weighted by Gasteiger charge is 2.19. The van der Waals surface area contributed by atoms with Crippen molar-refractivity contribution in [3.63, 3.8) is 0 Å². The van der Waals surface area contributed by atoms with Crippen LogP contribution in [-0.4, -0.2) is 43.0 Å². The Hall–Kier alpha value is -1.39. The first-order valence-electron chi connectivity index (χ1n) is 8.27. The van der Waals surface area contributed by atoms with Gasteiger partial charge in [0.2, 0.25) is 0 Å². The summed E-state index contributed by atoms with van der Waals surface area (Å²) in [4.78, 5) is 2.26.